The molecule has 1 rings (SSSR count). The lowest BCUT2D eigenvalue weighted by Gasteiger charge is -2.32. The zero-order valence-corrected chi connectivity index (χ0v) is 13.2. The van der Waals surface area contributed by atoms with Gasteiger partial charge in [-0.05, 0) is 51.8 Å². The van der Waals surface area contributed by atoms with E-state index in [9.17, 15) is 4.79 Å². The van der Waals surface area contributed by atoms with E-state index in [1.807, 2.05) is 33.9 Å². The molecule has 0 radical (unpaired) electrons. The fourth-order valence-electron chi connectivity index (χ4n) is 2.29. The lowest BCUT2D eigenvalue weighted by atomic mass is 9.95. The van der Waals surface area contributed by atoms with Gasteiger partial charge in [0, 0.05) is 25.3 Å². The Morgan fingerprint density at radius 2 is 2.10 bits per heavy atom. The van der Waals surface area contributed by atoms with Crippen molar-refractivity contribution in [1.82, 2.24) is 5.32 Å². The van der Waals surface area contributed by atoms with Crippen LogP contribution in [0.15, 0.2) is 24.3 Å². The van der Waals surface area contributed by atoms with Gasteiger partial charge in [-0.25, -0.2) is 0 Å². The molecule has 112 valence electrons. The maximum atomic E-state index is 11.7. The van der Waals surface area contributed by atoms with Crippen LogP contribution in [0.5, 0.6) is 0 Å². The first-order valence-electron chi connectivity index (χ1n) is 7.10. The fourth-order valence-corrected chi connectivity index (χ4v) is 2.29. The first kappa shape index (κ1) is 16.5. The molecule has 0 fully saturated rings. The van der Waals surface area contributed by atoms with E-state index in [2.05, 4.69) is 35.3 Å². The Bertz CT molecular complexity index is 459. The number of nitrogens with one attached hydrogen (secondary N) is 1. The maximum Gasteiger partial charge on any atom is 0.237 e. The standard InChI is InChI=1S/C16H27N3O/c1-12(2)18-16(4,15(17)20)9-10-19(5)14-8-6-7-13(3)11-14/h6-8,11-12,18H,9-10H2,1-5H3,(H2,17,20). The Kier molecular flexibility index (Phi) is 5.57. The average molecular weight is 277 g/mol. The van der Waals surface area contributed by atoms with Crippen molar-refractivity contribution in [1.29, 1.82) is 0 Å². The number of hydrogen-bond donors (Lipinski definition) is 2. The molecule has 0 saturated carbocycles. The lowest BCUT2D eigenvalue weighted by molar-refractivity contribution is -0.124. The van der Waals surface area contributed by atoms with Crippen molar-refractivity contribution in [2.24, 2.45) is 5.73 Å². The molecule has 4 heteroatoms. The molecule has 3 N–H and O–H groups in total. The number of carbonyl (C=O) groups is 1. The number of benzene rings is 1. The number of amides is 1. The highest BCUT2D eigenvalue weighted by Crippen LogP contribution is 2.17. The SMILES string of the molecule is Cc1cccc(N(C)CCC(C)(NC(C)C)C(N)=O)c1. The molecule has 0 saturated heterocycles. The van der Waals surface area contributed by atoms with Gasteiger partial charge in [0.1, 0.15) is 0 Å². The molecular weight excluding hydrogens is 250 g/mol. The molecule has 0 spiro atoms. The molecule has 20 heavy (non-hydrogen) atoms. The van der Waals surface area contributed by atoms with Gasteiger partial charge in [0.25, 0.3) is 0 Å². The van der Waals surface area contributed by atoms with Crippen LogP contribution < -0.4 is 16.0 Å². The second-order valence-electron chi connectivity index (χ2n) is 6.01. The predicted octanol–water partition coefficient (Wildman–Crippen LogP) is 2.06. The third-order valence-corrected chi connectivity index (χ3v) is 3.54. The zero-order valence-electron chi connectivity index (χ0n) is 13.2. The number of carbonyl (C=O) groups excluding carboxylic acids is 1. The van der Waals surface area contributed by atoms with E-state index in [4.69, 9.17) is 5.73 Å². The summed E-state index contributed by atoms with van der Waals surface area (Å²) in [5, 5.41) is 3.27. The highest BCUT2D eigenvalue weighted by Gasteiger charge is 2.31. The second-order valence-corrected chi connectivity index (χ2v) is 6.01. The third kappa shape index (κ3) is 4.53. The molecular formula is C16H27N3O. The van der Waals surface area contributed by atoms with Crippen molar-refractivity contribution in [3.8, 4) is 0 Å². The van der Waals surface area contributed by atoms with E-state index < -0.39 is 5.54 Å². The molecule has 0 aliphatic carbocycles. The Labute approximate surface area is 122 Å². The van der Waals surface area contributed by atoms with Crippen LogP contribution in [0, 0.1) is 6.92 Å². The minimum absolute atomic E-state index is 0.219. The lowest BCUT2D eigenvalue weighted by Crippen LogP contribution is -2.56. The average Bonchev–Trinajstić information content (AvgIpc) is 2.35. The summed E-state index contributed by atoms with van der Waals surface area (Å²) in [6, 6.07) is 8.55. The number of aryl methyl sites for hydroxylation is 1. The van der Waals surface area contributed by atoms with Gasteiger partial charge in [-0.1, -0.05) is 12.1 Å². The van der Waals surface area contributed by atoms with Crippen molar-refractivity contribution in [2.75, 3.05) is 18.5 Å². The first-order valence-corrected chi connectivity index (χ1v) is 7.10. The van der Waals surface area contributed by atoms with E-state index in [1.165, 1.54) is 5.56 Å². The first-order chi connectivity index (χ1) is 9.24. The number of anilines is 1. The van der Waals surface area contributed by atoms with Gasteiger partial charge in [-0.15, -0.1) is 0 Å². The van der Waals surface area contributed by atoms with Gasteiger partial charge >= 0.3 is 0 Å². The second kappa shape index (κ2) is 6.75. The number of nitrogens with zero attached hydrogens (tertiary/aromatic N) is 1. The molecule has 1 amide bonds. The quantitative estimate of drug-likeness (QED) is 0.802. The van der Waals surface area contributed by atoms with E-state index >= 15 is 0 Å². The van der Waals surface area contributed by atoms with E-state index in [1.54, 1.807) is 0 Å². The molecule has 4 nitrogen and oxygen atoms in total. The molecule has 1 atom stereocenters. The zero-order chi connectivity index (χ0) is 15.3. The number of primary amides is 1. The van der Waals surface area contributed by atoms with Gasteiger partial charge in [-0.2, -0.15) is 0 Å². The van der Waals surface area contributed by atoms with Crippen LogP contribution in [-0.4, -0.2) is 31.1 Å². The smallest absolute Gasteiger partial charge is 0.237 e. The molecule has 0 bridgehead atoms. The Balaban J connectivity index is 2.70. The molecule has 0 aliphatic rings. The maximum absolute atomic E-state index is 11.7. The van der Waals surface area contributed by atoms with Gasteiger partial charge in [0.15, 0.2) is 0 Å². The molecule has 0 aliphatic heterocycles. The van der Waals surface area contributed by atoms with Crippen molar-refractivity contribution in [2.45, 2.75) is 45.7 Å². The van der Waals surface area contributed by atoms with Crippen LogP contribution in [0.1, 0.15) is 32.8 Å². The fraction of sp³-hybridized carbons (Fsp3) is 0.562. The normalized spacial score (nSPS) is 14.1. The van der Waals surface area contributed by atoms with Gasteiger partial charge in [0.05, 0.1) is 5.54 Å². The Hall–Kier alpha value is -1.55. The summed E-state index contributed by atoms with van der Waals surface area (Å²) >= 11 is 0. The Morgan fingerprint density at radius 3 is 2.60 bits per heavy atom. The summed E-state index contributed by atoms with van der Waals surface area (Å²) in [4.78, 5) is 13.9. The highest BCUT2D eigenvalue weighted by molar-refractivity contribution is 5.84. The van der Waals surface area contributed by atoms with Gasteiger partial charge < -0.3 is 16.0 Å². The summed E-state index contributed by atoms with van der Waals surface area (Å²) in [7, 11) is 2.03. The largest absolute Gasteiger partial charge is 0.375 e. The molecule has 1 aromatic carbocycles. The van der Waals surface area contributed by atoms with Crippen LogP contribution in [-0.2, 0) is 4.79 Å². The summed E-state index contributed by atoms with van der Waals surface area (Å²) in [6.45, 7) is 8.75. The van der Waals surface area contributed by atoms with E-state index in [0.717, 1.165) is 12.2 Å². The molecule has 1 aromatic rings. The summed E-state index contributed by atoms with van der Waals surface area (Å²) in [5.74, 6) is -0.302. The van der Waals surface area contributed by atoms with Crippen molar-refractivity contribution in [3.63, 3.8) is 0 Å². The van der Waals surface area contributed by atoms with Crippen molar-refractivity contribution < 1.29 is 4.79 Å². The number of hydrogen-bond acceptors (Lipinski definition) is 3. The predicted molar refractivity (Wildman–Crippen MR) is 84.9 cm³/mol. The summed E-state index contributed by atoms with van der Waals surface area (Å²) < 4.78 is 0. The highest BCUT2D eigenvalue weighted by atomic mass is 16.1. The van der Waals surface area contributed by atoms with Crippen LogP contribution in [0.25, 0.3) is 0 Å². The topological polar surface area (TPSA) is 58.4 Å². The molecule has 1 unspecified atom stereocenters. The number of nitrogens with two attached hydrogens (primary N) is 1. The van der Waals surface area contributed by atoms with E-state index in [0.29, 0.717) is 6.42 Å². The van der Waals surface area contributed by atoms with Crippen molar-refractivity contribution in [3.05, 3.63) is 29.8 Å². The van der Waals surface area contributed by atoms with Gasteiger partial charge in [-0.3, -0.25) is 4.79 Å². The minimum atomic E-state index is -0.674. The monoisotopic (exact) mass is 277 g/mol. The van der Waals surface area contributed by atoms with E-state index in [-0.39, 0.29) is 11.9 Å². The van der Waals surface area contributed by atoms with Gasteiger partial charge in [0.2, 0.25) is 5.91 Å². The Morgan fingerprint density at radius 1 is 1.45 bits per heavy atom. The van der Waals surface area contributed by atoms with Crippen LogP contribution >= 0.6 is 0 Å². The molecule has 0 heterocycles. The third-order valence-electron chi connectivity index (χ3n) is 3.54. The van der Waals surface area contributed by atoms with Crippen LogP contribution in [0.4, 0.5) is 5.69 Å². The number of rotatable bonds is 7. The minimum Gasteiger partial charge on any atom is -0.375 e. The van der Waals surface area contributed by atoms with Crippen LogP contribution in [0.2, 0.25) is 0 Å². The summed E-state index contributed by atoms with van der Waals surface area (Å²) in [6.07, 6.45) is 0.672. The van der Waals surface area contributed by atoms with Crippen LogP contribution in [0.3, 0.4) is 0 Å². The van der Waals surface area contributed by atoms with Crippen molar-refractivity contribution >= 4 is 11.6 Å². The molecule has 0 aromatic heterocycles. The summed E-state index contributed by atoms with van der Waals surface area (Å²) in [5.41, 5.74) is 7.26.